The lowest BCUT2D eigenvalue weighted by Gasteiger charge is -2.35. The van der Waals surface area contributed by atoms with Crippen molar-refractivity contribution >= 4 is 40.8 Å². The van der Waals surface area contributed by atoms with E-state index in [1.165, 1.54) is 4.90 Å². The van der Waals surface area contributed by atoms with Crippen molar-refractivity contribution in [3.8, 4) is 5.75 Å². The van der Waals surface area contributed by atoms with E-state index in [1.807, 2.05) is 57.2 Å². The molecule has 5 rings (SSSR count). The van der Waals surface area contributed by atoms with E-state index in [2.05, 4.69) is 39.4 Å². The van der Waals surface area contributed by atoms with Gasteiger partial charge < -0.3 is 15.4 Å². The molecule has 2 N–H and O–H groups in total. The van der Waals surface area contributed by atoms with E-state index < -0.39 is 0 Å². The van der Waals surface area contributed by atoms with Crippen LogP contribution >= 0.6 is 0 Å². The lowest BCUT2D eigenvalue weighted by Crippen LogP contribution is -2.46. The molecule has 1 aliphatic heterocycles. The van der Waals surface area contributed by atoms with Gasteiger partial charge in [-0.2, -0.15) is 4.98 Å². The summed E-state index contributed by atoms with van der Waals surface area (Å²) < 4.78 is 5.90. The fourth-order valence-corrected chi connectivity index (χ4v) is 4.56. The Morgan fingerprint density at radius 3 is 2.48 bits per heavy atom. The van der Waals surface area contributed by atoms with Crippen LogP contribution in [0.4, 0.5) is 33.6 Å². The molecule has 0 saturated heterocycles. The van der Waals surface area contributed by atoms with Crippen molar-refractivity contribution in [3.05, 3.63) is 88.9 Å². The van der Waals surface area contributed by atoms with Crippen LogP contribution in [0.5, 0.6) is 5.75 Å². The number of aromatic nitrogens is 3. The Hall–Kier alpha value is -4.99. The Balaban J connectivity index is 1.35. The number of amides is 3. The van der Waals surface area contributed by atoms with Gasteiger partial charge in [0.05, 0.1) is 30.7 Å². The van der Waals surface area contributed by atoms with Gasteiger partial charge in [-0.05, 0) is 74.2 Å². The number of anilines is 5. The van der Waals surface area contributed by atoms with Gasteiger partial charge in [0.25, 0.3) is 5.91 Å². The summed E-state index contributed by atoms with van der Waals surface area (Å²) in [6.45, 7) is 10.8. The molecule has 0 spiro atoms. The summed E-state index contributed by atoms with van der Waals surface area (Å²) in [5, 5.41) is 6.11. The molecule has 3 heterocycles. The molecule has 0 fully saturated rings. The first kappa shape index (κ1) is 28.5. The summed E-state index contributed by atoms with van der Waals surface area (Å²) in [4.78, 5) is 43.2. The van der Waals surface area contributed by atoms with Crippen LogP contribution in [-0.2, 0) is 6.54 Å². The highest BCUT2D eigenvalue weighted by Crippen LogP contribution is 2.33. The molecule has 0 bridgehead atoms. The molecule has 1 aliphatic rings. The molecule has 0 radical (unpaired) electrons. The Labute approximate surface area is 245 Å². The van der Waals surface area contributed by atoms with Gasteiger partial charge in [-0.15, -0.1) is 0 Å². The number of rotatable bonds is 8. The maximum absolute atomic E-state index is 13.5. The number of fused-ring (bicyclic) bond motifs is 1. The molecule has 216 valence electrons. The summed E-state index contributed by atoms with van der Waals surface area (Å²) >= 11 is 0. The van der Waals surface area contributed by atoms with E-state index in [9.17, 15) is 9.59 Å². The minimum absolute atomic E-state index is 0.235. The molecule has 2 aromatic heterocycles. The molecule has 10 heteroatoms. The molecule has 2 aromatic carbocycles. The largest absolute Gasteiger partial charge is 0.493 e. The summed E-state index contributed by atoms with van der Waals surface area (Å²) in [5.41, 5.74) is 6.08. The Kier molecular flexibility index (Phi) is 8.06. The first-order valence-electron chi connectivity index (χ1n) is 13.9. The third-order valence-electron chi connectivity index (χ3n) is 6.95. The van der Waals surface area contributed by atoms with Gasteiger partial charge >= 0.3 is 6.03 Å². The number of urea groups is 1. The zero-order valence-corrected chi connectivity index (χ0v) is 24.7. The van der Waals surface area contributed by atoms with Crippen molar-refractivity contribution in [1.29, 1.82) is 0 Å². The van der Waals surface area contributed by atoms with Crippen molar-refractivity contribution in [2.45, 2.75) is 41.2 Å². The van der Waals surface area contributed by atoms with Gasteiger partial charge in [0.2, 0.25) is 5.95 Å². The molecule has 4 aromatic rings. The van der Waals surface area contributed by atoms with Gasteiger partial charge in [0.15, 0.2) is 0 Å². The lowest BCUT2D eigenvalue weighted by molar-refractivity contribution is 0.102. The SMILES string of the molecule is Cc1ccc(Nc2ncc3c(n2)N(C)C(=O)N(c2cc(NC(=O)c4ccc(C)c(OCC(C)C)c4)ccc2C)C3)cn1. The Morgan fingerprint density at radius 1 is 0.976 bits per heavy atom. The number of benzene rings is 2. The molecule has 3 amide bonds. The topological polar surface area (TPSA) is 113 Å². The minimum Gasteiger partial charge on any atom is -0.493 e. The van der Waals surface area contributed by atoms with Crippen LogP contribution < -0.4 is 25.2 Å². The van der Waals surface area contributed by atoms with Crippen LogP contribution in [0, 0.1) is 26.7 Å². The molecule has 0 saturated carbocycles. The Morgan fingerprint density at radius 2 is 1.74 bits per heavy atom. The summed E-state index contributed by atoms with van der Waals surface area (Å²) in [6, 6.07) is 14.5. The average Bonchev–Trinajstić information content (AvgIpc) is 2.97. The van der Waals surface area contributed by atoms with Gasteiger partial charge in [0, 0.05) is 35.8 Å². The van der Waals surface area contributed by atoms with Crippen molar-refractivity contribution in [3.63, 3.8) is 0 Å². The zero-order chi connectivity index (χ0) is 30.0. The molecule has 42 heavy (non-hydrogen) atoms. The predicted octanol–water partition coefficient (Wildman–Crippen LogP) is 6.40. The number of ether oxygens (including phenoxy) is 1. The van der Waals surface area contributed by atoms with Crippen LogP contribution in [0.15, 0.2) is 60.9 Å². The summed E-state index contributed by atoms with van der Waals surface area (Å²) in [6.07, 6.45) is 3.43. The predicted molar refractivity (Wildman–Crippen MR) is 165 cm³/mol. The molecule has 0 unspecified atom stereocenters. The van der Waals surface area contributed by atoms with E-state index >= 15 is 0 Å². The number of hydrogen-bond acceptors (Lipinski definition) is 7. The molecule has 0 aliphatic carbocycles. The van der Waals surface area contributed by atoms with Crippen LogP contribution in [0.3, 0.4) is 0 Å². The third kappa shape index (κ3) is 6.17. The number of nitrogens with one attached hydrogen (secondary N) is 2. The maximum Gasteiger partial charge on any atom is 0.330 e. The Bertz CT molecular complexity index is 1640. The summed E-state index contributed by atoms with van der Waals surface area (Å²) in [7, 11) is 1.69. The zero-order valence-electron chi connectivity index (χ0n) is 24.7. The molecular weight excluding hydrogens is 530 g/mol. The van der Waals surface area contributed by atoms with Crippen LogP contribution in [0.25, 0.3) is 0 Å². The van der Waals surface area contributed by atoms with E-state index in [0.29, 0.717) is 47.0 Å². The first-order chi connectivity index (χ1) is 20.1. The number of aryl methyl sites for hydroxylation is 3. The number of pyridine rings is 1. The second kappa shape index (κ2) is 11.9. The van der Waals surface area contributed by atoms with E-state index in [1.54, 1.807) is 36.5 Å². The fourth-order valence-electron chi connectivity index (χ4n) is 4.56. The highest BCUT2D eigenvalue weighted by molar-refractivity contribution is 6.07. The normalized spacial score (nSPS) is 12.8. The first-order valence-corrected chi connectivity index (χ1v) is 13.9. The lowest BCUT2D eigenvalue weighted by atomic mass is 10.1. The quantitative estimate of drug-likeness (QED) is 0.254. The number of hydrogen-bond donors (Lipinski definition) is 2. The van der Waals surface area contributed by atoms with E-state index in [0.717, 1.165) is 28.1 Å². The van der Waals surface area contributed by atoms with Gasteiger partial charge in [0.1, 0.15) is 11.6 Å². The van der Waals surface area contributed by atoms with Crippen LogP contribution in [-0.4, -0.2) is 40.5 Å². The number of carbonyl (C=O) groups excluding carboxylic acids is 2. The molecular formula is C32H35N7O3. The minimum atomic E-state index is -0.260. The van der Waals surface area contributed by atoms with Gasteiger partial charge in [-0.1, -0.05) is 26.0 Å². The summed E-state index contributed by atoms with van der Waals surface area (Å²) in [5.74, 6) is 1.72. The van der Waals surface area contributed by atoms with Crippen molar-refractivity contribution in [2.75, 3.05) is 34.1 Å². The third-order valence-corrected chi connectivity index (χ3v) is 6.95. The van der Waals surface area contributed by atoms with Crippen molar-refractivity contribution in [2.24, 2.45) is 5.92 Å². The second-order valence-electron chi connectivity index (χ2n) is 10.9. The van der Waals surface area contributed by atoms with Crippen molar-refractivity contribution in [1.82, 2.24) is 15.0 Å². The van der Waals surface area contributed by atoms with Crippen LogP contribution in [0.1, 0.15) is 46.6 Å². The number of nitrogens with zero attached hydrogens (tertiary/aromatic N) is 5. The average molecular weight is 566 g/mol. The van der Waals surface area contributed by atoms with Gasteiger partial charge in [-0.25, -0.2) is 9.78 Å². The molecule has 10 nitrogen and oxygen atoms in total. The number of carbonyl (C=O) groups is 2. The maximum atomic E-state index is 13.5. The second-order valence-corrected chi connectivity index (χ2v) is 10.9. The standard InChI is InChI=1S/C32H35N7O3/c1-19(2)18-42-28-13-23(10-7-21(28)4)30(40)35-25-11-8-20(3)27(14-25)39-17-24-15-34-31(37-29(24)38(6)32(39)41)36-26-12-9-22(5)33-16-26/h7-16,19H,17-18H2,1-6H3,(H,35,40)(H,34,36,37). The van der Waals surface area contributed by atoms with Crippen molar-refractivity contribution < 1.29 is 14.3 Å². The highest BCUT2D eigenvalue weighted by Gasteiger charge is 2.31. The smallest absolute Gasteiger partial charge is 0.330 e. The highest BCUT2D eigenvalue weighted by atomic mass is 16.5. The fraction of sp³-hybridized carbons (Fsp3) is 0.281. The monoisotopic (exact) mass is 565 g/mol. The molecule has 0 atom stereocenters. The van der Waals surface area contributed by atoms with Crippen LogP contribution in [0.2, 0.25) is 0 Å². The van der Waals surface area contributed by atoms with Gasteiger partial charge in [-0.3, -0.25) is 19.6 Å². The van der Waals surface area contributed by atoms with E-state index in [4.69, 9.17) is 4.74 Å². The van der Waals surface area contributed by atoms with E-state index in [-0.39, 0.29) is 18.5 Å².